The highest BCUT2D eigenvalue weighted by molar-refractivity contribution is 7.99. The van der Waals surface area contributed by atoms with Crippen LogP contribution in [0.4, 0.5) is 0 Å². The van der Waals surface area contributed by atoms with E-state index in [1.807, 2.05) is 6.92 Å². The maximum absolute atomic E-state index is 13.1. The molecule has 0 radical (unpaired) electrons. The number of amides is 1. The summed E-state index contributed by atoms with van der Waals surface area (Å²) in [6.07, 6.45) is -0.242. The number of likely N-dealkylation sites (tertiary alicyclic amines) is 1. The van der Waals surface area contributed by atoms with Crippen molar-refractivity contribution in [1.29, 1.82) is 0 Å². The van der Waals surface area contributed by atoms with Gasteiger partial charge in [-0.15, -0.1) is 11.8 Å². The van der Waals surface area contributed by atoms with Crippen LogP contribution in [0.2, 0.25) is 0 Å². The Labute approximate surface area is 178 Å². The first-order chi connectivity index (χ1) is 13.7. The number of aliphatic hydroxyl groups excluding tert-OH is 4. The first-order valence-electron chi connectivity index (χ1n) is 10.7. The Balaban J connectivity index is 2.10. The number of nitrogens with zero attached hydrogens (tertiary/aromatic N) is 1. The van der Waals surface area contributed by atoms with E-state index in [9.17, 15) is 25.2 Å². The minimum Gasteiger partial charge on any atom is -0.391 e. The molecule has 2 heterocycles. The zero-order chi connectivity index (χ0) is 21.7. The van der Waals surface area contributed by atoms with Gasteiger partial charge < -0.3 is 30.5 Å². The average Bonchev–Trinajstić information content (AvgIpc) is 3.12. The standard InChI is InChI=1S/C20H38N2O6S/c1-5-7-8-12-9-13(22(6-2)10-12)19(27)21-14(11(3)23)18-16(25)15(24)17(26)20(28-18)29-4/h11-18,20,23-26H,5-10H2,1-4H3,(H,21,27)/t11-,12-,13-,14-,15+,16+,17-,18+,20?/m1/s1. The van der Waals surface area contributed by atoms with Gasteiger partial charge in [-0.1, -0.05) is 26.7 Å². The molecule has 0 aliphatic carbocycles. The van der Waals surface area contributed by atoms with E-state index in [0.717, 1.165) is 38.8 Å². The van der Waals surface area contributed by atoms with Crippen LogP contribution >= 0.6 is 11.8 Å². The Kier molecular flexibility index (Phi) is 9.66. The second kappa shape index (κ2) is 11.3. The van der Waals surface area contributed by atoms with Crippen molar-refractivity contribution >= 4 is 17.7 Å². The minimum atomic E-state index is -1.42. The second-order valence-electron chi connectivity index (χ2n) is 8.30. The van der Waals surface area contributed by atoms with Gasteiger partial charge in [-0.25, -0.2) is 0 Å². The highest BCUT2D eigenvalue weighted by atomic mass is 32.2. The highest BCUT2D eigenvalue weighted by Crippen LogP contribution is 2.31. The number of thioether (sulfide) groups is 1. The van der Waals surface area contributed by atoms with Crippen LogP contribution in [0, 0.1) is 5.92 Å². The summed E-state index contributed by atoms with van der Waals surface area (Å²) in [5.74, 6) is 0.277. The number of unbranched alkanes of at least 4 members (excludes halogenated alkanes) is 1. The number of hydrogen-bond acceptors (Lipinski definition) is 8. The summed E-state index contributed by atoms with van der Waals surface area (Å²) in [6.45, 7) is 7.36. The highest BCUT2D eigenvalue weighted by Gasteiger charge is 2.48. The number of likely N-dealkylation sites (N-methyl/N-ethyl adjacent to an activating group) is 1. The zero-order valence-corrected chi connectivity index (χ0v) is 18.7. The van der Waals surface area contributed by atoms with Crippen LogP contribution < -0.4 is 5.32 Å². The van der Waals surface area contributed by atoms with Crippen LogP contribution in [0.3, 0.4) is 0 Å². The molecule has 9 atom stereocenters. The topological polar surface area (TPSA) is 122 Å². The largest absolute Gasteiger partial charge is 0.391 e. The lowest BCUT2D eigenvalue weighted by Gasteiger charge is -2.44. The van der Waals surface area contributed by atoms with Crippen LogP contribution in [-0.2, 0) is 9.53 Å². The molecule has 0 aromatic carbocycles. The molecule has 9 heteroatoms. The van der Waals surface area contributed by atoms with Gasteiger partial charge in [0.05, 0.1) is 18.2 Å². The molecule has 1 amide bonds. The summed E-state index contributed by atoms with van der Waals surface area (Å²) < 4.78 is 5.76. The van der Waals surface area contributed by atoms with E-state index in [0.29, 0.717) is 5.92 Å². The molecule has 0 spiro atoms. The van der Waals surface area contributed by atoms with Crippen molar-refractivity contribution in [3.05, 3.63) is 0 Å². The first-order valence-corrected chi connectivity index (χ1v) is 12.0. The minimum absolute atomic E-state index is 0.200. The Morgan fingerprint density at radius 1 is 1.24 bits per heavy atom. The molecule has 2 fully saturated rings. The summed E-state index contributed by atoms with van der Waals surface area (Å²) >= 11 is 1.20. The van der Waals surface area contributed by atoms with E-state index in [-0.39, 0.29) is 11.9 Å². The van der Waals surface area contributed by atoms with Gasteiger partial charge in [-0.05, 0) is 38.5 Å². The van der Waals surface area contributed by atoms with Crippen molar-refractivity contribution in [2.75, 3.05) is 19.3 Å². The van der Waals surface area contributed by atoms with E-state index in [1.54, 1.807) is 6.26 Å². The molecular formula is C20H38N2O6S. The van der Waals surface area contributed by atoms with Gasteiger partial charge in [0.25, 0.3) is 0 Å². The Morgan fingerprint density at radius 2 is 1.93 bits per heavy atom. The lowest BCUT2D eigenvalue weighted by Crippen LogP contribution is -2.65. The van der Waals surface area contributed by atoms with E-state index in [2.05, 4.69) is 17.1 Å². The smallest absolute Gasteiger partial charge is 0.237 e. The molecule has 0 saturated carbocycles. The van der Waals surface area contributed by atoms with E-state index in [1.165, 1.54) is 18.7 Å². The fourth-order valence-corrected chi connectivity index (χ4v) is 5.10. The number of carbonyl (C=O) groups excluding carboxylic acids is 1. The first kappa shape index (κ1) is 24.8. The van der Waals surface area contributed by atoms with Crippen LogP contribution in [0.1, 0.15) is 46.5 Å². The maximum atomic E-state index is 13.1. The van der Waals surface area contributed by atoms with Gasteiger partial charge in [0.2, 0.25) is 5.91 Å². The molecule has 0 aromatic rings. The molecule has 2 saturated heterocycles. The summed E-state index contributed by atoms with van der Waals surface area (Å²) in [6, 6.07) is -1.18. The summed E-state index contributed by atoms with van der Waals surface area (Å²) in [5.41, 5.74) is -0.756. The molecule has 8 nitrogen and oxygen atoms in total. The van der Waals surface area contributed by atoms with E-state index in [4.69, 9.17) is 4.74 Å². The number of aliphatic hydroxyl groups is 4. The molecule has 0 bridgehead atoms. The third-order valence-electron chi connectivity index (χ3n) is 6.19. The molecule has 2 aliphatic rings. The quantitative estimate of drug-likeness (QED) is 0.342. The lowest BCUT2D eigenvalue weighted by molar-refractivity contribution is -0.211. The molecule has 0 aromatic heterocycles. The van der Waals surface area contributed by atoms with Gasteiger partial charge in [0.1, 0.15) is 29.9 Å². The third-order valence-corrected chi connectivity index (χ3v) is 7.04. The summed E-state index contributed by atoms with van der Waals surface area (Å²) in [4.78, 5) is 15.2. The van der Waals surface area contributed by atoms with Crippen molar-refractivity contribution in [3.63, 3.8) is 0 Å². The Morgan fingerprint density at radius 3 is 2.48 bits per heavy atom. The fourth-order valence-electron chi connectivity index (χ4n) is 4.43. The summed E-state index contributed by atoms with van der Waals surface area (Å²) in [7, 11) is 0. The predicted octanol–water partition coefficient (Wildman–Crippen LogP) is -0.0768. The van der Waals surface area contributed by atoms with Gasteiger partial charge in [-0.2, -0.15) is 0 Å². The molecule has 5 N–H and O–H groups in total. The van der Waals surface area contributed by atoms with E-state index < -0.39 is 42.0 Å². The zero-order valence-electron chi connectivity index (χ0n) is 17.9. The van der Waals surface area contributed by atoms with Crippen LogP contribution in [0.5, 0.6) is 0 Å². The second-order valence-corrected chi connectivity index (χ2v) is 9.23. The SMILES string of the molecule is CCCC[C@@H]1C[C@H](C(=O)N[C@@H]([C@@H]2OC(SC)[C@H](O)[C@@H](O)[C@@H]2O)[C@@H](C)O)N(CC)C1. The molecule has 29 heavy (non-hydrogen) atoms. The van der Waals surface area contributed by atoms with Crippen molar-refractivity contribution < 1.29 is 30.0 Å². The fraction of sp³-hybridized carbons (Fsp3) is 0.950. The van der Waals surface area contributed by atoms with Crippen molar-refractivity contribution in [2.45, 2.75) is 94.5 Å². The number of hydrogen-bond donors (Lipinski definition) is 5. The van der Waals surface area contributed by atoms with Crippen molar-refractivity contribution in [3.8, 4) is 0 Å². The van der Waals surface area contributed by atoms with E-state index >= 15 is 0 Å². The predicted molar refractivity (Wildman–Crippen MR) is 112 cm³/mol. The Bertz CT molecular complexity index is 523. The number of ether oxygens (including phenoxy) is 1. The monoisotopic (exact) mass is 434 g/mol. The normalized spacial score (nSPS) is 38.0. The molecule has 2 aliphatic heterocycles. The van der Waals surface area contributed by atoms with Crippen LogP contribution in [0.25, 0.3) is 0 Å². The van der Waals surface area contributed by atoms with Crippen molar-refractivity contribution in [2.24, 2.45) is 5.92 Å². The molecular weight excluding hydrogens is 396 g/mol. The van der Waals surface area contributed by atoms with Gasteiger partial charge >= 0.3 is 0 Å². The molecule has 170 valence electrons. The van der Waals surface area contributed by atoms with Gasteiger partial charge in [0, 0.05) is 6.54 Å². The van der Waals surface area contributed by atoms with Gasteiger partial charge in [0.15, 0.2) is 0 Å². The number of carbonyl (C=O) groups is 1. The number of nitrogens with one attached hydrogen (secondary N) is 1. The van der Waals surface area contributed by atoms with Gasteiger partial charge in [-0.3, -0.25) is 9.69 Å². The average molecular weight is 435 g/mol. The van der Waals surface area contributed by atoms with Crippen LogP contribution in [0.15, 0.2) is 0 Å². The Hall–Kier alpha value is -0.420. The third kappa shape index (κ3) is 5.84. The van der Waals surface area contributed by atoms with Crippen molar-refractivity contribution in [1.82, 2.24) is 10.2 Å². The lowest BCUT2D eigenvalue weighted by atomic mass is 9.92. The summed E-state index contributed by atoms with van der Waals surface area (Å²) in [5, 5.41) is 43.9. The van der Waals surface area contributed by atoms with Crippen LogP contribution in [-0.4, -0.2) is 98.6 Å². The molecule has 1 unspecified atom stereocenters. The number of rotatable bonds is 9. The molecule has 2 rings (SSSR count). The maximum Gasteiger partial charge on any atom is 0.237 e.